The minimum atomic E-state index is -4.72. The van der Waals surface area contributed by atoms with Gasteiger partial charge in [0, 0.05) is 39.3 Å². The van der Waals surface area contributed by atoms with Crippen molar-refractivity contribution < 1.29 is 32.7 Å². The zero-order chi connectivity index (χ0) is 31.6. The van der Waals surface area contributed by atoms with Gasteiger partial charge < -0.3 is 36.6 Å². The van der Waals surface area contributed by atoms with Gasteiger partial charge in [0.15, 0.2) is 0 Å². The van der Waals surface area contributed by atoms with Crippen molar-refractivity contribution in [2.75, 3.05) is 44.6 Å². The van der Waals surface area contributed by atoms with Crippen molar-refractivity contribution in [3.8, 4) is 0 Å². The van der Waals surface area contributed by atoms with Gasteiger partial charge in [-0.1, -0.05) is 37.1 Å². The summed E-state index contributed by atoms with van der Waals surface area (Å²) in [6.45, 7) is 8.08. The number of alkyl halides is 3. The number of amides is 4. The molecule has 0 unspecified atom stereocenters. The van der Waals surface area contributed by atoms with E-state index in [0.717, 1.165) is 28.8 Å². The number of carbonyl (C=O) groups is 3. The minimum Gasteiger partial charge on any atom is -0.391 e. The molecule has 6 N–H and O–H groups in total. The first-order chi connectivity index (χ1) is 20.4. The zero-order valence-electron chi connectivity index (χ0n) is 24.7. The fraction of sp³-hybridized carbons (Fsp3) is 0.500. The number of nitrogens with zero attached hydrogens (tertiary/aromatic N) is 1. The first kappa shape index (κ1) is 33.8. The summed E-state index contributed by atoms with van der Waals surface area (Å²) in [7, 11) is 0. The molecule has 4 amide bonds. The predicted molar refractivity (Wildman–Crippen MR) is 158 cm³/mol. The zero-order valence-corrected chi connectivity index (χ0v) is 24.7. The molecule has 10 nitrogen and oxygen atoms in total. The highest BCUT2D eigenvalue weighted by Gasteiger charge is 2.32. The fourth-order valence-electron chi connectivity index (χ4n) is 4.78. The van der Waals surface area contributed by atoms with Crippen molar-refractivity contribution in [3.05, 3.63) is 64.2 Å². The summed E-state index contributed by atoms with van der Waals surface area (Å²) in [6, 6.07) is 7.31. The second-order valence-corrected chi connectivity index (χ2v) is 10.7. The minimum absolute atomic E-state index is 0.110. The highest BCUT2D eigenvalue weighted by molar-refractivity contribution is 6.04. The molecule has 1 aliphatic heterocycles. The number of anilines is 1. The molecule has 43 heavy (non-hydrogen) atoms. The van der Waals surface area contributed by atoms with E-state index in [9.17, 15) is 32.7 Å². The van der Waals surface area contributed by atoms with Gasteiger partial charge in [0.2, 0.25) is 5.91 Å². The Morgan fingerprint density at radius 3 is 2.44 bits per heavy atom. The second-order valence-electron chi connectivity index (χ2n) is 10.7. The molecular weight excluding hydrogens is 565 g/mol. The molecule has 0 spiro atoms. The molecule has 13 heteroatoms. The van der Waals surface area contributed by atoms with Gasteiger partial charge in [0.05, 0.1) is 35.5 Å². The average molecular weight is 607 g/mol. The van der Waals surface area contributed by atoms with E-state index in [1.165, 1.54) is 4.90 Å². The first-order valence-corrected chi connectivity index (χ1v) is 14.4. The normalized spacial score (nSPS) is 15.0. The van der Waals surface area contributed by atoms with Crippen LogP contribution in [0.5, 0.6) is 0 Å². The highest BCUT2D eigenvalue weighted by Crippen LogP contribution is 2.32. The lowest BCUT2D eigenvalue weighted by molar-refractivity contribution is -0.137. The Morgan fingerprint density at radius 2 is 1.79 bits per heavy atom. The van der Waals surface area contributed by atoms with Crippen LogP contribution in [0.3, 0.4) is 0 Å². The van der Waals surface area contributed by atoms with Crippen LogP contribution in [0.15, 0.2) is 36.4 Å². The number of halogens is 3. The van der Waals surface area contributed by atoms with E-state index >= 15 is 0 Å². The first-order valence-electron chi connectivity index (χ1n) is 14.4. The Labute approximate surface area is 249 Å². The Bertz CT molecular complexity index is 1270. The molecule has 2 aromatic rings. The van der Waals surface area contributed by atoms with Crippen molar-refractivity contribution in [2.24, 2.45) is 0 Å². The molecule has 0 radical (unpaired) electrons. The van der Waals surface area contributed by atoms with Gasteiger partial charge in [-0.2, -0.15) is 13.2 Å². The molecule has 0 bridgehead atoms. The standard InChI is InChI=1S/C30H41F3N6O4/c1-4-5-26(40)25(17-35-16-21-7-6-19(2)14-20(21)3)37-27(41)18-36-28(42)23-15-22(30(31,32)33)8-9-24(23)38-29(43)39-12-10-34-11-13-39/h6-9,14-15,25-26,34-35,40H,4-5,10-13,16-18H2,1-3H3,(H,36,42)(H,37,41)(H,38,43)/t25-,26+/m0/s1. The lowest BCUT2D eigenvalue weighted by atomic mass is 10.0. The molecule has 1 saturated heterocycles. The molecule has 2 aromatic carbocycles. The maximum atomic E-state index is 13.4. The van der Waals surface area contributed by atoms with Gasteiger partial charge in [-0.05, 0) is 49.6 Å². The molecule has 3 rings (SSSR count). The molecule has 1 heterocycles. The van der Waals surface area contributed by atoms with Crippen LogP contribution in [0.25, 0.3) is 0 Å². The molecule has 0 aliphatic carbocycles. The predicted octanol–water partition coefficient (Wildman–Crippen LogP) is 2.92. The topological polar surface area (TPSA) is 135 Å². The van der Waals surface area contributed by atoms with E-state index < -0.39 is 53.8 Å². The number of aliphatic hydroxyl groups excluding tert-OH is 1. The number of nitrogens with one attached hydrogen (secondary N) is 5. The highest BCUT2D eigenvalue weighted by atomic mass is 19.4. The summed E-state index contributed by atoms with van der Waals surface area (Å²) in [5.41, 5.74) is 1.73. The van der Waals surface area contributed by atoms with Crippen molar-refractivity contribution in [1.82, 2.24) is 26.2 Å². The fourth-order valence-corrected chi connectivity index (χ4v) is 4.78. The molecule has 1 fully saturated rings. The van der Waals surface area contributed by atoms with Gasteiger partial charge >= 0.3 is 12.2 Å². The van der Waals surface area contributed by atoms with Gasteiger partial charge in [-0.15, -0.1) is 0 Å². The lowest BCUT2D eigenvalue weighted by Gasteiger charge is -2.28. The maximum absolute atomic E-state index is 13.4. The van der Waals surface area contributed by atoms with Crippen LogP contribution in [0, 0.1) is 13.8 Å². The molecule has 2 atom stereocenters. The Balaban J connectivity index is 1.65. The average Bonchev–Trinajstić information content (AvgIpc) is 2.96. The maximum Gasteiger partial charge on any atom is 0.416 e. The summed E-state index contributed by atoms with van der Waals surface area (Å²) in [6.07, 6.45) is -4.46. The van der Waals surface area contributed by atoms with Crippen molar-refractivity contribution in [2.45, 2.75) is 58.5 Å². The summed E-state index contributed by atoms with van der Waals surface area (Å²) < 4.78 is 40.3. The van der Waals surface area contributed by atoms with Gasteiger partial charge in [0.1, 0.15) is 0 Å². The number of urea groups is 1. The van der Waals surface area contributed by atoms with E-state index in [-0.39, 0.29) is 12.2 Å². The third kappa shape index (κ3) is 10.2. The number of benzene rings is 2. The molecule has 1 aliphatic rings. The Kier molecular flexibility index (Phi) is 12.3. The van der Waals surface area contributed by atoms with Crippen LogP contribution >= 0.6 is 0 Å². The van der Waals surface area contributed by atoms with Crippen molar-refractivity contribution in [1.29, 1.82) is 0 Å². The Morgan fingerprint density at radius 1 is 1.07 bits per heavy atom. The summed E-state index contributed by atoms with van der Waals surface area (Å²) in [5.74, 6) is -1.59. The van der Waals surface area contributed by atoms with Crippen LogP contribution in [0.2, 0.25) is 0 Å². The third-order valence-electron chi connectivity index (χ3n) is 7.22. The SMILES string of the molecule is CCC[C@@H](O)[C@H](CNCc1ccc(C)cc1C)NC(=O)CNC(=O)c1cc(C(F)(F)F)ccc1NC(=O)N1CCNCC1. The number of hydrogen-bond acceptors (Lipinski definition) is 6. The molecule has 0 saturated carbocycles. The van der Waals surface area contributed by atoms with Crippen molar-refractivity contribution >= 4 is 23.5 Å². The number of aliphatic hydroxyl groups is 1. The van der Waals surface area contributed by atoms with E-state index in [4.69, 9.17) is 0 Å². The van der Waals surface area contributed by atoms with E-state index in [0.29, 0.717) is 51.6 Å². The molecular formula is C30H41F3N6O4. The number of carbonyl (C=O) groups excluding carboxylic acids is 3. The van der Waals surface area contributed by atoms with Gasteiger partial charge in [-0.3, -0.25) is 9.59 Å². The monoisotopic (exact) mass is 606 g/mol. The lowest BCUT2D eigenvalue weighted by Crippen LogP contribution is -2.51. The quantitative estimate of drug-likeness (QED) is 0.220. The largest absolute Gasteiger partial charge is 0.416 e. The van der Waals surface area contributed by atoms with Crippen LogP contribution in [-0.2, 0) is 17.5 Å². The number of rotatable bonds is 12. The Hall–Kier alpha value is -3.68. The van der Waals surface area contributed by atoms with E-state index in [1.54, 1.807) is 0 Å². The van der Waals surface area contributed by atoms with Gasteiger partial charge in [-0.25, -0.2) is 4.79 Å². The van der Waals surface area contributed by atoms with Crippen LogP contribution in [0.1, 0.15) is 52.4 Å². The molecule has 0 aromatic heterocycles. The van der Waals surface area contributed by atoms with Crippen LogP contribution < -0.4 is 26.6 Å². The van der Waals surface area contributed by atoms with E-state index in [1.807, 2.05) is 32.9 Å². The van der Waals surface area contributed by atoms with Crippen molar-refractivity contribution in [3.63, 3.8) is 0 Å². The van der Waals surface area contributed by atoms with Crippen LogP contribution in [-0.4, -0.2) is 79.3 Å². The smallest absolute Gasteiger partial charge is 0.391 e. The second kappa shape index (κ2) is 15.7. The summed E-state index contributed by atoms with van der Waals surface area (Å²) >= 11 is 0. The molecule has 236 valence electrons. The van der Waals surface area contributed by atoms with Gasteiger partial charge in [0.25, 0.3) is 5.91 Å². The summed E-state index contributed by atoms with van der Waals surface area (Å²) in [4.78, 5) is 40.0. The summed E-state index contributed by atoms with van der Waals surface area (Å²) in [5, 5.41) is 24.6. The van der Waals surface area contributed by atoms with E-state index in [2.05, 4.69) is 32.7 Å². The number of hydrogen-bond donors (Lipinski definition) is 6. The number of aryl methyl sites for hydroxylation is 2. The third-order valence-corrected chi connectivity index (χ3v) is 7.22. The van der Waals surface area contributed by atoms with Crippen LogP contribution in [0.4, 0.5) is 23.7 Å². The number of piperazine rings is 1.